The van der Waals surface area contributed by atoms with E-state index in [-0.39, 0.29) is 0 Å². The first kappa shape index (κ1) is 14.3. The number of hydrogen-bond acceptors (Lipinski definition) is 3. The molecule has 5 heteroatoms. The van der Waals surface area contributed by atoms with Crippen LogP contribution < -0.4 is 5.73 Å². The molecule has 0 amide bonds. The molecule has 0 aliphatic rings. The van der Waals surface area contributed by atoms with Gasteiger partial charge in [-0.25, -0.2) is 4.98 Å². The Balaban J connectivity index is 2.25. The number of fused-ring (bicyclic) bond motifs is 1. The molecule has 0 aliphatic carbocycles. The van der Waals surface area contributed by atoms with E-state index in [2.05, 4.69) is 9.55 Å². The van der Waals surface area contributed by atoms with Crippen molar-refractivity contribution in [2.75, 3.05) is 19.8 Å². The number of nitrogens with two attached hydrogens (primary N) is 1. The van der Waals surface area contributed by atoms with Crippen LogP contribution in [0.1, 0.15) is 19.2 Å². The Hall–Kier alpha value is -1.10. The number of aromatic nitrogens is 2. The molecule has 1 heterocycles. The van der Waals surface area contributed by atoms with E-state index in [9.17, 15) is 0 Å². The van der Waals surface area contributed by atoms with Crippen molar-refractivity contribution < 1.29 is 4.74 Å². The predicted molar refractivity (Wildman–Crippen MR) is 78.6 cm³/mol. The SMILES string of the molecule is CCOCCCn1c(CCN)nc2ccc(Cl)cc21. The molecule has 4 nitrogen and oxygen atoms in total. The first-order valence-electron chi connectivity index (χ1n) is 6.68. The molecule has 0 saturated heterocycles. The third-order valence-electron chi connectivity index (χ3n) is 3.03. The maximum atomic E-state index is 6.07. The molecule has 0 unspecified atom stereocenters. The molecule has 2 aromatic rings. The van der Waals surface area contributed by atoms with Crippen molar-refractivity contribution in [2.45, 2.75) is 26.3 Å². The van der Waals surface area contributed by atoms with Gasteiger partial charge >= 0.3 is 0 Å². The smallest absolute Gasteiger partial charge is 0.111 e. The molecule has 1 aromatic carbocycles. The largest absolute Gasteiger partial charge is 0.382 e. The maximum Gasteiger partial charge on any atom is 0.111 e. The number of hydrogen-bond donors (Lipinski definition) is 1. The van der Waals surface area contributed by atoms with Crippen LogP contribution in [-0.2, 0) is 17.7 Å². The lowest BCUT2D eigenvalue weighted by molar-refractivity contribution is 0.141. The van der Waals surface area contributed by atoms with Crippen molar-refractivity contribution in [3.05, 3.63) is 29.0 Å². The highest BCUT2D eigenvalue weighted by Crippen LogP contribution is 2.21. The molecule has 0 saturated carbocycles. The van der Waals surface area contributed by atoms with Gasteiger partial charge in [-0.2, -0.15) is 0 Å². The van der Waals surface area contributed by atoms with E-state index in [1.54, 1.807) is 0 Å². The molecule has 2 rings (SSSR count). The van der Waals surface area contributed by atoms with Crippen molar-refractivity contribution in [3.63, 3.8) is 0 Å². The Morgan fingerprint density at radius 1 is 1.42 bits per heavy atom. The van der Waals surface area contributed by atoms with Crippen molar-refractivity contribution >= 4 is 22.6 Å². The van der Waals surface area contributed by atoms with Gasteiger partial charge in [0.05, 0.1) is 11.0 Å². The fraction of sp³-hybridized carbons (Fsp3) is 0.500. The van der Waals surface area contributed by atoms with Crippen LogP contribution in [0.25, 0.3) is 11.0 Å². The summed E-state index contributed by atoms with van der Waals surface area (Å²) >= 11 is 6.07. The Labute approximate surface area is 118 Å². The monoisotopic (exact) mass is 281 g/mol. The molecule has 0 radical (unpaired) electrons. The number of ether oxygens (including phenoxy) is 1. The summed E-state index contributed by atoms with van der Waals surface area (Å²) in [5, 5.41) is 0.734. The third-order valence-corrected chi connectivity index (χ3v) is 3.27. The zero-order valence-corrected chi connectivity index (χ0v) is 12.0. The van der Waals surface area contributed by atoms with E-state index in [0.29, 0.717) is 6.54 Å². The number of halogens is 1. The van der Waals surface area contributed by atoms with Crippen LogP contribution in [0.2, 0.25) is 5.02 Å². The van der Waals surface area contributed by atoms with Crippen molar-refractivity contribution in [1.82, 2.24) is 9.55 Å². The third kappa shape index (κ3) is 3.47. The number of rotatable bonds is 7. The summed E-state index contributed by atoms with van der Waals surface area (Å²) < 4.78 is 7.58. The van der Waals surface area contributed by atoms with E-state index < -0.39 is 0 Å². The van der Waals surface area contributed by atoms with Gasteiger partial charge in [-0.05, 0) is 38.1 Å². The Morgan fingerprint density at radius 2 is 2.26 bits per heavy atom. The van der Waals surface area contributed by atoms with Gasteiger partial charge in [0.1, 0.15) is 5.82 Å². The molecule has 2 N–H and O–H groups in total. The predicted octanol–water partition coefficient (Wildman–Crippen LogP) is 2.62. The number of imidazole rings is 1. The van der Waals surface area contributed by atoms with Gasteiger partial charge in [-0.3, -0.25) is 0 Å². The highest BCUT2D eigenvalue weighted by atomic mass is 35.5. The standard InChI is InChI=1S/C14H20ClN3O/c1-2-19-9-3-8-18-13-10-11(15)4-5-12(13)17-14(18)6-7-16/h4-5,10H,2-3,6-9,16H2,1H3. The lowest BCUT2D eigenvalue weighted by Gasteiger charge is -2.08. The molecule has 0 aliphatic heterocycles. The summed E-state index contributed by atoms with van der Waals surface area (Å²) in [4.78, 5) is 4.63. The highest BCUT2D eigenvalue weighted by Gasteiger charge is 2.10. The Morgan fingerprint density at radius 3 is 3.00 bits per heavy atom. The van der Waals surface area contributed by atoms with E-state index in [1.807, 2.05) is 25.1 Å². The first-order valence-corrected chi connectivity index (χ1v) is 7.06. The van der Waals surface area contributed by atoms with Gasteiger partial charge in [-0.15, -0.1) is 0 Å². The van der Waals surface area contributed by atoms with Gasteiger partial charge in [0, 0.05) is 31.2 Å². The van der Waals surface area contributed by atoms with Crippen molar-refractivity contribution in [1.29, 1.82) is 0 Å². The van der Waals surface area contributed by atoms with Gasteiger partial charge in [0.25, 0.3) is 0 Å². The minimum Gasteiger partial charge on any atom is -0.382 e. The second-order valence-electron chi connectivity index (χ2n) is 4.40. The second-order valence-corrected chi connectivity index (χ2v) is 4.84. The number of benzene rings is 1. The molecule has 0 spiro atoms. The van der Waals surface area contributed by atoms with E-state index in [4.69, 9.17) is 22.1 Å². The molecule has 1 aromatic heterocycles. The molecular formula is C14H20ClN3O. The zero-order valence-electron chi connectivity index (χ0n) is 11.2. The van der Waals surface area contributed by atoms with Crippen molar-refractivity contribution in [2.24, 2.45) is 5.73 Å². The number of nitrogens with zero attached hydrogens (tertiary/aromatic N) is 2. The number of aryl methyl sites for hydroxylation is 1. The quantitative estimate of drug-likeness (QED) is 0.794. The maximum absolute atomic E-state index is 6.07. The van der Waals surface area contributed by atoms with Gasteiger partial charge in [-0.1, -0.05) is 11.6 Å². The van der Waals surface area contributed by atoms with Crippen molar-refractivity contribution in [3.8, 4) is 0 Å². The van der Waals surface area contributed by atoms with E-state index in [1.165, 1.54) is 0 Å². The molecule has 0 bridgehead atoms. The second kappa shape index (κ2) is 6.89. The van der Waals surface area contributed by atoms with Crippen LogP contribution >= 0.6 is 11.6 Å². The van der Waals surface area contributed by atoms with Crippen LogP contribution in [0.15, 0.2) is 18.2 Å². The molecule has 0 atom stereocenters. The van der Waals surface area contributed by atoms with Gasteiger partial charge in [0.2, 0.25) is 0 Å². The van der Waals surface area contributed by atoms with Gasteiger partial charge < -0.3 is 15.0 Å². The summed E-state index contributed by atoms with van der Waals surface area (Å²) in [5.41, 5.74) is 7.71. The van der Waals surface area contributed by atoms with Crippen LogP contribution in [-0.4, -0.2) is 29.3 Å². The Bertz CT molecular complexity index is 539. The molecule has 0 fully saturated rings. The summed E-state index contributed by atoms with van der Waals surface area (Å²) in [7, 11) is 0. The van der Waals surface area contributed by atoms with E-state index in [0.717, 1.165) is 54.5 Å². The lowest BCUT2D eigenvalue weighted by atomic mass is 10.3. The van der Waals surface area contributed by atoms with E-state index >= 15 is 0 Å². The highest BCUT2D eigenvalue weighted by molar-refractivity contribution is 6.31. The molecule has 104 valence electrons. The fourth-order valence-corrected chi connectivity index (χ4v) is 2.35. The first-order chi connectivity index (χ1) is 9.26. The van der Waals surface area contributed by atoms with Crippen LogP contribution in [0.4, 0.5) is 0 Å². The summed E-state index contributed by atoms with van der Waals surface area (Å²) in [6, 6.07) is 5.79. The Kier molecular flexibility index (Phi) is 5.19. The fourth-order valence-electron chi connectivity index (χ4n) is 2.18. The summed E-state index contributed by atoms with van der Waals surface area (Å²) in [6.07, 6.45) is 1.74. The normalized spacial score (nSPS) is 11.3. The molecular weight excluding hydrogens is 262 g/mol. The minimum absolute atomic E-state index is 0.600. The average molecular weight is 282 g/mol. The topological polar surface area (TPSA) is 53.1 Å². The van der Waals surface area contributed by atoms with Crippen LogP contribution in [0, 0.1) is 0 Å². The zero-order chi connectivity index (χ0) is 13.7. The molecule has 19 heavy (non-hydrogen) atoms. The average Bonchev–Trinajstić information content (AvgIpc) is 2.73. The minimum atomic E-state index is 0.600. The summed E-state index contributed by atoms with van der Waals surface area (Å²) in [5.74, 6) is 1.02. The van der Waals surface area contributed by atoms with Crippen LogP contribution in [0.3, 0.4) is 0 Å². The van der Waals surface area contributed by atoms with Gasteiger partial charge in [0.15, 0.2) is 0 Å². The summed E-state index contributed by atoms with van der Waals surface area (Å²) in [6.45, 7) is 5.01. The lowest BCUT2D eigenvalue weighted by Crippen LogP contribution is -2.11. The van der Waals surface area contributed by atoms with Crippen LogP contribution in [0.5, 0.6) is 0 Å².